The second kappa shape index (κ2) is 7.41. The molecule has 1 fully saturated rings. The van der Waals surface area contributed by atoms with Gasteiger partial charge in [0.15, 0.2) is 4.34 Å². The molecule has 0 radical (unpaired) electrons. The highest BCUT2D eigenvalue weighted by atomic mass is 35.5. The Morgan fingerprint density at radius 2 is 2.23 bits per heavy atom. The Kier molecular flexibility index (Phi) is 5.30. The van der Waals surface area contributed by atoms with Crippen LogP contribution in [0.4, 0.5) is 5.13 Å². The lowest BCUT2D eigenvalue weighted by Gasteiger charge is -2.05. The van der Waals surface area contributed by atoms with E-state index in [4.69, 9.17) is 16.3 Å². The van der Waals surface area contributed by atoms with Crippen molar-refractivity contribution in [3.05, 3.63) is 34.9 Å². The number of ether oxygens (including phenoxy) is 1. The van der Waals surface area contributed by atoms with Crippen LogP contribution in [-0.4, -0.2) is 29.3 Å². The Bertz CT molecular complexity index is 642. The summed E-state index contributed by atoms with van der Waals surface area (Å²) in [6, 6.07) is 7.71. The van der Waals surface area contributed by atoms with Gasteiger partial charge in [-0.2, -0.15) is 0 Å². The number of hydrogen-bond acceptors (Lipinski definition) is 6. The summed E-state index contributed by atoms with van der Waals surface area (Å²) in [6.07, 6.45) is 0.767. The van der Waals surface area contributed by atoms with Crippen LogP contribution in [0, 0.1) is 5.92 Å². The number of nitrogens with one attached hydrogen (secondary N) is 1. The maximum atomic E-state index is 12.0. The highest BCUT2D eigenvalue weighted by Crippen LogP contribution is 2.29. The molecule has 1 unspecified atom stereocenters. The number of amides is 1. The first kappa shape index (κ1) is 15.7. The van der Waals surface area contributed by atoms with Crippen LogP contribution in [0.5, 0.6) is 0 Å². The zero-order chi connectivity index (χ0) is 15.4. The maximum Gasteiger partial charge on any atom is 0.231 e. The molecule has 0 spiro atoms. The molecule has 5 nitrogen and oxygen atoms in total. The van der Waals surface area contributed by atoms with Crippen molar-refractivity contribution in [2.75, 3.05) is 18.5 Å². The van der Waals surface area contributed by atoms with Crippen LogP contribution in [-0.2, 0) is 15.3 Å². The molecule has 116 valence electrons. The van der Waals surface area contributed by atoms with Gasteiger partial charge in [0.2, 0.25) is 11.0 Å². The number of carbonyl (C=O) groups excluding carboxylic acids is 1. The minimum Gasteiger partial charge on any atom is -0.381 e. The molecule has 1 atom stereocenters. The molecule has 1 aliphatic heterocycles. The van der Waals surface area contributed by atoms with Crippen LogP contribution in [0.15, 0.2) is 28.6 Å². The molecule has 1 aromatic carbocycles. The van der Waals surface area contributed by atoms with Crippen molar-refractivity contribution in [2.24, 2.45) is 5.92 Å². The van der Waals surface area contributed by atoms with E-state index in [1.807, 2.05) is 24.3 Å². The van der Waals surface area contributed by atoms with Crippen LogP contribution in [0.1, 0.15) is 12.0 Å². The third kappa shape index (κ3) is 4.19. The van der Waals surface area contributed by atoms with Crippen LogP contribution >= 0.6 is 34.7 Å². The SMILES string of the molecule is O=C(Nc1nnc(SCc2ccc(Cl)cc2)s1)C1CCOC1. The standard InChI is InChI=1S/C14H14ClN3O2S2/c15-11-3-1-9(2-4-11)8-21-14-18-17-13(22-14)16-12(19)10-5-6-20-7-10/h1-4,10H,5-8H2,(H,16,17,19). The van der Waals surface area contributed by atoms with Gasteiger partial charge in [0, 0.05) is 17.4 Å². The van der Waals surface area contributed by atoms with E-state index in [2.05, 4.69) is 15.5 Å². The lowest BCUT2D eigenvalue weighted by Crippen LogP contribution is -2.22. The van der Waals surface area contributed by atoms with Gasteiger partial charge in [-0.1, -0.05) is 46.8 Å². The van der Waals surface area contributed by atoms with Gasteiger partial charge in [0.05, 0.1) is 12.5 Å². The number of hydrogen-bond donors (Lipinski definition) is 1. The van der Waals surface area contributed by atoms with Crippen LogP contribution in [0.3, 0.4) is 0 Å². The lowest BCUT2D eigenvalue weighted by molar-refractivity contribution is -0.119. The fourth-order valence-corrected chi connectivity index (χ4v) is 3.83. The Balaban J connectivity index is 1.52. The normalized spacial score (nSPS) is 17.6. The second-order valence-corrected chi connectivity index (χ2v) is 7.47. The van der Waals surface area contributed by atoms with Crippen molar-refractivity contribution in [3.63, 3.8) is 0 Å². The summed E-state index contributed by atoms with van der Waals surface area (Å²) in [5, 5.41) is 12.2. The number of thioether (sulfide) groups is 1. The summed E-state index contributed by atoms with van der Waals surface area (Å²) in [7, 11) is 0. The zero-order valence-electron chi connectivity index (χ0n) is 11.6. The Morgan fingerprint density at radius 3 is 2.95 bits per heavy atom. The third-order valence-electron chi connectivity index (χ3n) is 3.21. The van der Waals surface area contributed by atoms with E-state index in [-0.39, 0.29) is 11.8 Å². The quantitative estimate of drug-likeness (QED) is 0.657. The number of carbonyl (C=O) groups is 1. The molecule has 0 aliphatic carbocycles. The minimum absolute atomic E-state index is 0.0390. The molecule has 1 N–H and O–H groups in total. The molecule has 0 bridgehead atoms. The molecule has 1 aromatic heterocycles. The van der Waals surface area contributed by atoms with E-state index in [0.29, 0.717) is 18.3 Å². The molecule has 0 saturated carbocycles. The predicted molar refractivity (Wildman–Crippen MR) is 88.5 cm³/mol. The van der Waals surface area contributed by atoms with E-state index in [0.717, 1.165) is 21.5 Å². The van der Waals surface area contributed by atoms with Crippen molar-refractivity contribution in [1.29, 1.82) is 0 Å². The minimum atomic E-state index is -0.0749. The van der Waals surface area contributed by atoms with Gasteiger partial charge < -0.3 is 10.1 Å². The average molecular weight is 356 g/mol. The van der Waals surface area contributed by atoms with Crippen LogP contribution < -0.4 is 5.32 Å². The largest absolute Gasteiger partial charge is 0.381 e. The Hall–Kier alpha value is -1.15. The Morgan fingerprint density at radius 1 is 1.41 bits per heavy atom. The molecule has 1 aliphatic rings. The topological polar surface area (TPSA) is 64.1 Å². The number of halogens is 1. The van der Waals surface area contributed by atoms with E-state index in [9.17, 15) is 4.79 Å². The molecular formula is C14H14ClN3O2S2. The van der Waals surface area contributed by atoms with Crippen LogP contribution in [0.25, 0.3) is 0 Å². The van der Waals surface area contributed by atoms with E-state index in [1.54, 1.807) is 11.8 Å². The summed E-state index contributed by atoms with van der Waals surface area (Å²) < 4.78 is 6.04. The highest BCUT2D eigenvalue weighted by Gasteiger charge is 2.24. The number of benzene rings is 1. The Labute approximate surface area is 141 Å². The number of nitrogens with zero attached hydrogens (tertiary/aromatic N) is 2. The fourth-order valence-electron chi connectivity index (χ4n) is 1.99. The molecular weight excluding hydrogens is 342 g/mol. The maximum absolute atomic E-state index is 12.0. The summed E-state index contributed by atoms with van der Waals surface area (Å²) >= 11 is 8.83. The van der Waals surface area contributed by atoms with Crippen LogP contribution in [0.2, 0.25) is 5.02 Å². The van der Waals surface area contributed by atoms with Gasteiger partial charge >= 0.3 is 0 Å². The van der Waals surface area contributed by atoms with Crippen molar-refractivity contribution in [1.82, 2.24) is 10.2 Å². The smallest absolute Gasteiger partial charge is 0.231 e. The van der Waals surface area contributed by atoms with E-state index in [1.165, 1.54) is 16.9 Å². The summed E-state index contributed by atoms with van der Waals surface area (Å²) in [4.78, 5) is 12.0. The number of anilines is 1. The first-order valence-electron chi connectivity index (χ1n) is 6.80. The summed E-state index contributed by atoms with van der Waals surface area (Å²) in [5.74, 6) is 0.674. The van der Waals surface area contributed by atoms with Crippen molar-refractivity contribution in [2.45, 2.75) is 16.5 Å². The lowest BCUT2D eigenvalue weighted by atomic mass is 10.1. The summed E-state index contributed by atoms with van der Waals surface area (Å²) in [6.45, 7) is 1.14. The first-order valence-corrected chi connectivity index (χ1v) is 8.98. The third-order valence-corrected chi connectivity index (χ3v) is 5.51. The van der Waals surface area contributed by atoms with Crippen molar-refractivity contribution in [3.8, 4) is 0 Å². The molecule has 2 aromatic rings. The highest BCUT2D eigenvalue weighted by molar-refractivity contribution is 8.00. The van der Waals surface area contributed by atoms with Gasteiger partial charge in [-0.05, 0) is 24.1 Å². The number of rotatable bonds is 5. The first-order chi connectivity index (χ1) is 10.7. The van der Waals surface area contributed by atoms with E-state index < -0.39 is 0 Å². The number of aromatic nitrogens is 2. The summed E-state index contributed by atoms with van der Waals surface area (Å²) in [5.41, 5.74) is 1.17. The van der Waals surface area contributed by atoms with E-state index >= 15 is 0 Å². The second-order valence-electron chi connectivity index (χ2n) is 4.84. The van der Waals surface area contributed by atoms with Crippen molar-refractivity contribution >= 4 is 45.7 Å². The molecule has 22 heavy (non-hydrogen) atoms. The van der Waals surface area contributed by atoms with Gasteiger partial charge in [0.25, 0.3) is 0 Å². The zero-order valence-corrected chi connectivity index (χ0v) is 14.0. The fraction of sp³-hybridized carbons (Fsp3) is 0.357. The molecule has 1 amide bonds. The van der Waals surface area contributed by atoms with Gasteiger partial charge in [-0.15, -0.1) is 10.2 Å². The molecule has 1 saturated heterocycles. The monoisotopic (exact) mass is 355 g/mol. The molecule has 8 heteroatoms. The van der Waals surface area contributed by atoms with Crippen molar-refractivity contribution < 1.29 is 9.53 Å². The molecule has 3 rings (SSSR count). The van der Waals surface area contributed by atoms with Gasteiger partial charge in [0.1, 0.15) is 0 Å². The predicted octanol–water partition coefficient (Wildman–Crippen LogP) is 3.46. The molecule has 2 heterocycles. The van der Waals surface area contributed by atoms with Gasteiger partial charge in [-0.25, -0.2) is 0 Å². The average Bonchev–Trinajstić information content (AvgIpc) is 3.18. The van der Waals surface area contributed by atoms with Gasteiger partial charge in [-0.3, -0.25) is 4.79 Å².